The topological polar surface area (TPSA) is 81.1 Å². The van der Waals surface area contributed by atoms with Crippen molar-refractivity contribution in [3.63, 3.8) is 0 Å². The van der Waals surface area contributed by atoms with Crippen molar-refractivity contribution in [3.05, 3.63) is 52.2 Å². The van der Waals surface area contributed by atoms with Crippen LogP contribution in [0.3, 0.4) is 0 Å². The number of nitrogens with one attached hydrogen (secondary N) is 1. The van der Waals surface area contributed by atoms with Gasteiger partial charge >= 0.3 is 0 Å². The third-order valence-corrected chi connectivity index (χ3v) is 3.23. The molecule has 2 aromatic rings. The molecule has 0 aliphatic rings. The molecule has 1 amide bonds. The maximum atomic E-state index is 11.0. The number of primary amides is 1. The van der Waals surface area contributed by atoms with E-state index in [0.717, 1.165) is 17.7 Å². The molecule has 0 fully saturated rings. The first kappa shape index (κ1) is 14.6. The highest BCUT2D eigenvalue weighted by molar-refractivity contribution is 6.31. The fourth-order valence-electron chi connectivity index (χ4n) is 1.74. The summed E-state index contributed by atoms with van der Waals surface area (Å²) in [6, 6.07) is 5.01. The Morgan fingerprint density at radius 2 is 2.25 bits per heavy atom. The van der Waals surface area contributed by atoms with Crippen molar-refractivity contribution in [3.8, 4) is 0 Å². The van der Waals surface area contributed by atoms with E-state index in [1.54, 1.807) is 24.4 Å². The quantitative estimate of drug-likeness (QED) is 0.856. The first-order chi connectivity index (χ1) is 9.60. The van der Waals surface area contributed by atoms with E-state index in [9.17, 15) is 4.79 Å². The van der Waals surface area contributed by atoms with Gasteiger partial charge in [-0.15, -0.1) is 0 Å². The van der Waals surface area contributed by atoms with Crippen molar-refractivity contribution in [2.45, 2.75) is 26.4 Å². The third kappa shape index (κ3) is 3.59. The molecule has 0 bridgehead atoms. The summed E-state index contributed by atoms with van der Waals surface area (Å²) < 4.78 is 5.48. The molecule has 5 nitrogen and oxygen atoms in total. The molecule has 6 heteroatoms. The number of hydrogen-bond donors (Lipinski definition) is 2. The second kappa shape index (κ2) is 6.54. The zero-order valence-electron chi connectivity index (χ0n) is 11.1. The minimum Gasteiger partial charge on any atom is -0.444 e. The molecule has 0 aliphatic heterocycles. The van der Waals surface area contributed by atoms with Crippen LogP contribution in [-0.4, -0.2) is 10.9 Å². The molecule has 0 atom stereocenters. The van der Waals surface area contributed by atoms with E-state index in [4.69, 9.17) is 21.8 Å². The third-order valence-electron chi connectivity index (χ3n) is 2.88. The van der Waals surface area contributed by atoms with Crippen LogP contribution in [-0.2, 0) is 19.5 Å². The highest BCUT2D eigenvalue weighted by atomic mass is 35.5. The molecule has 0 saturated heterocycles. The lowest BCUT2D eigenvalue weighted by atomic mass is 10.1. The Balaban J connectivity index is 1.92. The zero-order chi connectivity index (χ0) is 14.5. The second-order valence-electron chi connectivity index (χ2n) is 4.35. The van der Waals surface area contributed by atoms with E-state index < -0.39 is 5.91 Å². The van der Waals surface area contributed by atoms with Crippen molar-refractivity contribution < 1.29 is 9.21 Å². The van der Waals surface area contributed by atoms with Gasteiger partial charge in [-0.3, -0.25) is 4.79 Å². The van der Waals surface area contributed by atoms with Gasteiger partial charge in [0.05, 0.1) is 12.7 Å². The number of rotatable bonds is 6. The average Bonchev–Trinajstić information content (AvgIpc) is 2.88. The fourth-order valence-corrected chi connectivity index (χ4v) is 1.99. The molecule has 0 radical (unpaired) electrons. The number of benzene rings is 1. The predicted molar refractivity (Wildman–Crippen MR) is 76.4 cm³/mol. The summed E-state index contributed by atoms with van der Waals surface area (Å²) in [6.45, 7) is 3.09. The molecule has 0 unspecified atom stereocenters. The molecular weight excluding hydrogens is 278 g/mol. The van der Waals surface area contributed by atoms with Crippen LogP contribution in [0, 0.1) is 0 Å². The minimum absolute atomic E-state index is 0.402. The summed E-state index contributed by atoms with van der Waals surface area (Å²) in [5, 5.41) is 3.70. The maximum Gasteiger partial charge on any atom is 0.248 e. The van der Waals surface area contributed by atoms with Gasteiger partial charge < -0.3 is 15.5 Å². The van der Waals surface area contributed by atoms with Crippen molar-refractivity contribution in [1.82, 2.24) is 10.3 Å². The van der Waals surface area contributed by atoms with Gasteiger partial charge in [0.25, 0.3) is 0 Å². The minimum atomic E-state index is -0.488. The zero-order valence-corrected chi connectivity index (χ0v) is 11.9. The summed E-state index contributed by atoms with van der Waals surface area (Å²) in [5.74, 6) is 1.02. The van der Waals surface area contributed by atoms with Crippen LogP contribution in [0.1, 0.15) is 34.5 Å². The largest absolute Gasteiger partial charge is 0.444 e. The predicted octanol–water partition coefficient (Wildman–Crippen LogP) is 2.28. The highest BCUT2D eigenvalue weighted by Crippen LogP contribution is 2.17. The number of nitrogens with zero attached hydrogens (tertiary/aromatic N) is 1. The number of oxazole rings is 1. The van der Waals surface area contributed by atoms with Gasteiger partial charge in [0, 0.05) is 23.6 Å². The van der Waals surface area contributed by atoms with Crippen molar-refractivity contribution in [2.75, 3.05) is 0 Å². The molecule has 2 rings (SSSR count). The van der Waals surface area contributed by atoms with Gasteiger partial charge in [-0.2, -0.15) is 0 Å². The Morgan fingerprint density at radius 3 is 2.85 bits per heavy atom. The van der Waals surface area contributed by atoms with Crippen LogP contribution in [0.15, 0.2) is 28.8 Å². The van der Waals surface area contributed by atoms with Crippen molar-refractivity contribution >= 4 is 17.5 Å². The maximum absolute atomic E-state index is 11.0. The van der Waals surface area contributed by atoms with Gasteiger partial charge in [0.2, 0.25) is 11.8 Å². The Labute approximate surface area is 122 Å². The standard InChI is InChI=1S/C14H16ClN3O2/c1-2-11-7-18-13(20-11)8-17-6-10-4-3-9(14(16)19)5-12(10)15/h3-5,7,17H,2,6,8H2,1H3,(H2,16,19). The summed E-state index contributed by atoms with van der Waals surface area (Å²) in [4.78, 5) is 15.2. The van der Waals surface area contributed by atoms with E-state index >= 15 is 0 Å². The van der Waals surface area contributed by atoms with Gasteiger partial charge in [-0.25, -0.2) is 4.98 Å². The molecule has 0 spiro atoms. The molecule has 3 N–H and O–H groups in total. The Hall–Kier alpha value is -1.85. The lowest BCUT2D eigenvalue weighted by Crippen LogP contribution is -2.14. The van der Waals surface area contributed by atoms with E-state index in [-0.39, 0.29) is 0 Å². The Kier molecular flexibility index (Phi) is 4.76. The lowest BCUT2D eigenvalue weighted by molar-refractivity contribution is 0.100. The van der Waals surface area contributed by atoms with E-state index in [1.807, 2.05) is 6.92 Å². The first-order valence-electron chi connectivity index (χ1n) is 6.32. The number of aryl methyl sites for hydroxylation is 1. The molecule has 20 heavy (non-hydrogen) atoms. The van der Waals surface area contributed by atoms with Crippen LogP contribution in [0.2, 0.25) is 5.02 Å². The number of aromatic nitrogens is 1. The number of carbonyl (C=O) groups is 1. The van der Waals surface area contributed by atoms with Crippen molar-refractivity contribution in [1.29, 1.82) is 0 Å². The molecular formula is C14H16ClN3O2. The molecule has 1 aromatic heterocycles. The van der Waals surface area contributed by atoms with Crippen LogP contribution in [0.5, 0.6) is 0 Å². The highest BCUT2D eigenvalue weighted by Gasteiger charge is 2.06. The number of amides is 1. The first-order valence-corrected chi connectivity index (χ1v) is 6.70. The van der Waals surface area contributed by atoms with Crippen LogP contribution < -0.4 is 11.1 Å². The average molecular weight is 294 g/mol. The Bertz CT molecular complexity index is 610. The molecule has 106 valence electrons. The van der Waals surface area contributed by atoms with Crippen molar-refractivity contribution in [2.24, 2.45) is 5.73 Å². The number of nitrogens with two attached hydrogens (primary N) is 1. The van der Waals surface area contributed by atoms with Gasteiger partial charge in [0.1, 0.15) is 5.76 Å². The number of hydrogen-bond acceptors (Lipinski definition) is 4. The lowest BCUT2D eigenvalue weighted by Gasteiger charge is -2.06. The van der Waals surface area contributed by atoms with Gasteiger partial charge in [-0.1, -0.05) is 24.6 Å². The molecule has 1 aromatic carbocycles. The summed E-state index contributed by atoms with van der Waals surface area (Å²) in [5.41, 5.74) is 6.48. The van der Waals surface area contributed by atoms with Crippen LogP contribution in [0.25, 0.3) is 0 Å². The monoisotopic (exact) mass is 293 g/mol. The smallest absolute Gasteiger partial charge is 0.248 e. The summed E-state index contributed by atoms with van der Waals surface area (Å²) >= 11 is 6.09. The summed E-state index contributed by atoms with van der Waals surface area (Å²) in [6.07, 6.45) is 2.55. The van der Waals surface area contributed by atoms with E-state index in [2.05, 4.69) is 10.3 Å². The van der Waals surface area contributed by atoms with E-state index in [0.29, 0.717) is 29.6 Å². The SMILES string of the molecule is CCc1cnc(CNCc2ccc(C(N)=O)cc2Cl)o1. The fraction of sp³-hybridized carbons (Fsp3) is 0.286. The number of carbonyl (C=O) groups excluding carboxylic acids is 1. The van der Waals surface area contributed by atoms with Crippen LogP contribution >= 0.6 is 11.6 Å². The second-order valence-corrected chi connectivity index (χ2v) is 4.76. The molecule has 0 aliphatic carbocycles. The molecule has 0 saturated carbocycles. The van der Waals surface area contributed by atoms with Gasteiger partial charge in [-0.05, 0) is 17.7 Å². The Morgan fingerprint density at radius 1 is 1.45 bits per heavy atom. The number of halogens is 1. The summed E-state index contributed by atoms with van der Waals surface area (Å²) in [7, 11) is 0. The van der Waals surface area contributed by atoms with Crippen LogP contribution in [0.4, 0.5) is 0 Å². The van der Waals surface area contributed by atoms with Gasteiger partial charge in [0.15, 0.2) is 0 Å². The molecule has 1 heterocycles. The normalized spacial score (nSPS) is 10.7. The van der Waals surface area contributed by atoms with E-state index in [1.165, 1.54) is 0 Å².